The maximum atomic E-state index is 12.7. The van der Waals surface area contributed by atoms with E-state index in [9.17, 15) is 4.79 Å². The first-order chi connectivity index (χ1) is 9.65. The van der Waals surface area contributed by atoms with Crippen LogP contribution in [0.2, 0.25) is 0 Å². The summed E-state index contributed by atoms with van der Waals surface area (Å²) in [6, 6.07) is 0. The number of nitrogens with zero attached hydrogens (tertiary/aromatic N) is 1. The van der Waals surface area contributed by atoms with Crippen molar-refractivity contribution in [2.45, 2.75) is 65.7 Å². The molecule has 0 saturated heterocycles. The van der Waals surface area contributed by atoms with Crippen LogP contribution in [0.4, 0.5) is 0 Å². The fourth-order valence-corrected chi connectivity index (χ4v) is 3.50. The van der Waals surface area contributed by atoms with E-state index in [1.165, 1.54) is 25.7 Å². The molecule has 1 amide bonds. The van der Waals surface area contributed by atoms with Crippen molar-refractivity contribution in [3.63, 3.8) is 0 Å². The number of nitrogens with two attached hydrogens (primary N) is 1. The molecular weight excluding hydrogens is 248 g/mol. The zero-order chi connectivity index (χ0) is 15.0. The van der Waals surface area contributed by atoms with Crippen LogP contribution < -0.4 is 5.73 Å². The van der Waals surface area contributed by atoms with E-state index in [4.69, 9.17) is 5.73 Å². The molecule has 0 aromatic heterocycles. The Bertz CT molecular complexity index is 274. The van der Waals surface area contributed by atoms with Crippen LogP contribution in [0.5, 0.6) is 0 Å². The Morgan fingerprint density at radius 1 is 1.25 bits per heavy atom. The fraction of sp³-hybridized carbons (Fsp3) is 0.941. The van der Waals surface area contributed by atoms with Crippen LogP contribution in [-0.4, -0.2) is 30.4 Å². The molecule has 1 rings (SSSR count). The lowest BCUT2D eigenvalue weighted by Gasteiger charge is -2.33. The average molecular weight is 282 g/mol. The highest BCUT2D eigenvalue weighted by molar-refractivity contribution is 5.79. The molecule has 1 saturated carbocycles. The van der Waals surface area contributed by atoms with Crippen molar-refractivity contribution in [2.24, 2.45) is 23.5 Å². The maximum Gasteiger partial charge on any atom is 0.225 e. The Kier molecular flexibility index (Phi) is 8.20. The van der Waals surface area contributed by atoms with Crippen molar-refractivity contribution in [2.75, 3.05) is 19.6 Å². The minimum atomic E-state index is 0.259. The molecule has 3 heteroatoms. The van der Waals surface area contributed by atoms with Crippen molar-refractivity contribution in [1.29, 1.82) is 0 Å². The number of hydrogen-bond donors (Lipinski definition) is 1. The zero-order valence-corrected chi connectivity index (χ0v) is 13.7. The summed E-state index contributed by atoms with van der Waals surface area (Å²) in [5, 5.41) is 0. The monoisotopic (exact) mass is 282 g/mol. The van der Waals surface area contributed by atoms with Crippen LogP contribution >= 0.6 is 0 Å². The largest absolute Gasteiger partial charge is 0.342 e. The van der Waals surface area contributed by atoms with Gasteiger partial charge in [0, 0.05) is 19.0 Å². The molecule has 2 N–H and O–H groups in total. The molecule has 118 valence electrons. The van der Waals surface area contributed by atoms with Crippen molar-refractivity contribution >= 4 is 5.91 Å². The van der Waals surface area contributed by atoms with Gasteiger partial charge in [0.05, 0.1) is 0 Å². The Morgan fingerprint density at radius 3 is 2.50 bits per heavy atom. The van der Waals surface area contributed by atoms with Gasteiger partial charge in [0.25, 0.3) is 0 Å². The summed E-state index contributed by atoms with van der Waals surface area (Å²) in [6.07, 6.45) is 8.03. The molecule has 20 heavy (non-hydrogen) atoms. The van der Waals surface area contributed by atoms with Gasteiger partial charge in [-0.1, -0.05) is 39.5 Å². The van der Waals surface area contributed by atoms with Crippen LogP contribution in [-0.2, 0) is 4.79 Å². The van der Waals surface area contributed by atoms with Crippen LogP contribution in [0.25, 0.3) is 0 Å². The van der Waals surface area contributed by atoms with Crippen LogP contribution in [0, 0.1) is 17.8 Å². The van der Waals surface area contributed by atoms with E-state index in [2.05, 4.69) is 25.7 Å². The highest BCUT2D eigenvalue weighted by atomic mass is 16.2. The summed E-state index contributed by atoms with van der Waals surface area (Å²) in [7, 11) is 0. The van der Waals surface area contributed by atoms with Crippen LogP contribution in [0.1, 0.15) is 65.7 Å². The minimum absolute atomic E-state index is 0.259. The first-order valence-corrected chi connectivity index (χ1v) is 8.64. The summed E-state index contributed by atoms with van der Waals surface area (Å²) >= 11 is 0. The molecule has 0 bridgehead atoms. The molecule has 0 aliphatic heterocycles. The lowest BCUT2D eigenvalue weighted by Crippen LogP contribution is -2.40. The third kappa shape index (κ3) is 5.08. The minimum Gasteiger partial charge on any atom is -0.342 e. The van der Waals surface area contributed by atoms with Crippen LogP contribution in [0.15, 0.2) is 0 Å². The van der Waals surface area contributed by atoms with Gasteiger partial charge in [0.15, 0.2) is 0 Å². The Balaban J connectivity index is 2.56. The predicted molar refractivity (Wildman–Crippen MR) is 85.4 cm³/mol. The standard InChI is InChI=1S/C17H34N2O/c1-4-14(5-2)13-19(6-3)17(20)16-9-7-8-15(12-16)10-11-18/h14-16H,4-13,18H2,1-3H3. The van der Waals surface area contributed by atoms with Gasteiger partial charge in [-0.25, -0.2) is 0 Å². The van der Waals surface area contributed by atoms with Crippen LogP contribution in [0.3, 0.4) is 0 Å². The summed E-state index contributed by atoms with van der Waals surface area (Å²) < 4.78 is 0. The van der Waals surface area contributed by atoms with E-state index in [1.807, 2.05) is 0 Å². The lowest BCUT2D eigenvalue weighted by molar-refractivity contribution is -0.137. The zero-order valence-electron chi connectivity index (χ0n) is 13.7. The van der Waals surface area contributed by atoms with E-state index in [-0.39, 0.29) is 5.92 Å². The van der Waals surface area contributed by atoms with Gasteiger partial charge in [-0.2, -0.15) is 0 Å². The lowest BCUT2D eigenvalue weighted by atomic mass is 9.79. The highest BCUT2D eigenvalue weighted by Crippen LogP contribution is 2.32. The number of amides is 1. The molecule has 1 fully saturated rings. The number of carbonyl (C=O) groups excluding carboxylic acids is 1. The molecular formula is C17H34N2O. The van der Waals surface area contributed by atoms with Gasteiger partial charge in [0.1, 0.15) is 0 Å². The average Bonchev–Trinajstić information content (AvgIpc) is 2.49. The van der Waals surface area contributed by atoms with Crippen molar-refractivity contribution < 1.29 is 4.79 Å². The third-order valence-electron chi connectivity index (χ3n) is 5.03. The molecule has 2 atom stereocenters. The Hall–Kier alpha value is -0.570. The molecule has 1 aliphatic rings. The number of hydrogen-bond acceptors (Lipinski definition) is 2. The topological polar surface area (TPSA) is 46.3 Å². The van der Waals surface area contributed by atoms with E-state index < -0.39 is 0 Å². The Morgan fingerprint density at radius 2 is 1.95 bits per heavy atom. The summed E-state index contributed by atoms with van der Waals surface area (Å²) in [6.45, 7) is 9.12. The second-order valence-electron chi connectivity index (χ2n) is 6.37. The fourth-order valence-electron chi connectivity index (χ4n) is 3.50. The first-order valence-electron chi connectivity index (χ1n) is 8.64. The van der Waals surface area contributed by atoms with Gasteiger partial charge in [0.2, 0.25) is 5.91 Å². The molecule has 0 heterocycles. The van der Waals surface area contributed by atoms with E-state index in [0.29, 0.717) is 17.7 Å². The summed E-state index contributed by atoms with van der Waals surface area (Å²) in [4.78, 5) is 14.8. The predicted octanol–water partition coefficient (Wildman–Crippen LogP) is 3.43. The quantitative estimate of drug-likeness (QED) is 0.741. The molecule has 2 unspecified atom stereocenters. The number of rotatable bonds is 8. The van der Waals surface area contributed by atoms with Gasteiger partial charge >= 0.3 is 0 Å². The van der Waals surface area contributed by atoms with Crippen molar-refractivity contribution in [3.05, 3.63) is 0 Å². The SMILES string of the molecule is CCC(CC)CN(CC)C(=O)C1CCCC(CCN)C1. The van der Waals surface area contributed by atoms with E-state index in [1.54, 1.807) is 0 Å². The molecule has 0 radical (unpaired) electrons. The van der Waals surface area contributed by atoms with Crippen molar-refractivity contribution in [3.8, 4) is 0 Å². The van der Waals surface area contributed by atoms with Gasteiger partial charge in [-0.15, -0.1) is 0 Å². The smallest absolute Gasteiger partial charge is 0.225 e. The van der Waals surface area contributed by atoms with E-state index in [0.717, 1.165) is 38.9 Å². The summed E-state index contributed by atoms with van der Waals surface area (Å²) in [5.41, 5.74) is 5.67. The summed E-state index contributed by atoms with van der Waals surface area (Å²) in [5.74, 6) is 1.99. The first kappa shape index (κ1) is 17.5. The second kappa shape index (κ2) is 9.38. The molecule has 1 aliphatic carbocycles. The van der Waals surface area contributed by atoms with E-state index >= 15 is 0 Å². The maximum absolute atomic E-state index is 12.7. The van der Waals surface area contributed by atoms with Gasteiger partial charge in [-0.3, -0.25) is 4.79 Å². The van der Waals surface area contributed by atoms with Gasteiger partial charge < -0.3 is 10.6 Å². The number of carbonyl (C=O) groups is 1. The van der Waals surface area contributed by atoms with Crippen molar-refractivity contribution in [1.82, 2.24) is 4.90 Å². The highest BCUT2D eigenvalue weighted by Gasteiger charge is 2.30. The molecule has 3 nitrogen and oxygen atoms in total. The van der Waals surface area contributed by atoms with Gasteiger partial charge in [-0.05, 0) is 44.6 Å². The molecule has 0 aromatic rings. The normalized spacial score (nSPS) is 23.1. The molecule has 0 spiro atoms. The Labute approximate surface area is 125 Å². The third-order valence-corrected chi connectivity index (χ3v) is 5.03. The molecule has 0 aromatic carbocycles. The second-order valence-corrected chi connectivity index (χ2v) is 6.37.